The second-order valence-corrected chi connectivity index (χ2v) is 9.18. The van der Waals surface area contributed by atoms with Crippen molar-refractivity contribution in [1.29, 1.82) is 0 Å². The zero-order valence-corrected chi connectivity index (χ0v) is 20.2. The van der Waals surface area contributed by atoms with Crippen LogP contribution in [0.1, 0.15) is 42.9 Å². The van der Waals surface area contributed by atoms with Gasteiger partial charge in [-0.2, -0.15) is 0 Å². The highest BCUT2D eigenvalue weighted by molar-refractivity contribution is 6.08. The van der Waals surface area contributed by atoms with Crippen LogP contribution >= 0.6 is 0 Å². The van der Waals surface area contributed by atoms with Gasteiger partial charge in [-0.15, -0.1) is 0 Å². The Bertz CT molecular complexity index is 1300. The minimum Gasteiger partial charge on any atom is -0.496 e. The largest absolute Gasteiger partial charge is 0.496 e. The van der Waals surface area contributed by atoms with Crippen molar-refractivity contribution in [3.8, 4) is 11.5 Å². The van der Waals surface area contributed by atoms with E-state index >= 15 is 0 Å². The summed E-state index contributed by atoms with van der Waals surface area (Å²) in [5.74, 6) is 1.62. The molecule has 0 aliphatic carbocycles. The molecule has 1 aromatic heterocycles. The Labute approximate surface area is 200 Å². The summed E-state index contributed by atoms with van der Waals surface area (Å²) in [6, 6.07) is 21.0. The molecule has 2 atom stereocenters. The molecule has 5 heteroatoms. The molecule has 1 fully saturated rings. The SMILES string of the molecule is COc1cccc(OC)c1C1CCCCC(C=O)N1Cc1ccc2c(c1)c1ccccc1n2C. The van der Waals surface area contributed by atoms with Crippen molar-refractivity contribution < 1.29 is 14.3 Å². The first kappa shape index (κ1) is 22.5. The van der Waals surface area contributed by atoms with E-state index in [4.69, 9.17) is 9.47 Å². The predicted octanol–water partition coefficient (Wildman–Crippen LogP) is 6.03. The fourth-order valence-electron chi connectivity index (χ4n) is 5.67. The summed E-state index contributed by atoms with van der Waals surface area (Å²) in [7, 11) is 5.52. The maximum Gasteiger partial charge on any atom is 0.137 e. The van der Waals surface area contributed by atoms with Crippen LogP contribution in [-0.4, -0.2) is 36.0 Å². The highest BCUT2D eigenvalue weighted by Gasteiger charge is 2.33. The monoisotopic (exact) mass is 456 g/mol. The highest BCUT2D eigenvalue weighted by Crippen LogP contribution is 2.43. The van der Waals surface area contributed by atoms with Gasteiger partial charge in [-0.1, -0.05) is 43.2 Å². The molecular formula is C29H32N2O3. The summed E-state index contributed by atoms with van der Waals surface area (Å²) in [6.07, 6.45) is 5.05. The van der Waals surface area contributed by atoms with Gasteiger partial charge in [0.25, 0.3) is 0 Å². The standard InChI is InChI=1S/C29H32N2O3/c1-30-24-11-7-5-10-22(24)23-17-20(15-16-25(23)30)18-31-21(19-32)9-4-6-12-26(31)29-27(33-2)13-8-14-28(29)34-3/h5,7-8,10-11,13-17,19,21,26H,4,6,9,12,18H2,1-3H3. The average Bonchev–Trinajstić information content (AvgIpc) is 3.02. The van der Waals surface area contributed by atoms with E-state index in [0.717, 1.165) is 49.0 Å². The summed E-state index contributed by atoms with van der Waals surface area (Å²) < 4.78 is 13.8. The first-order valence-corrected chi connectivity index (χ1v) is 12.0. The number of hydrogen-bond acceptors (Lipinski definition) is 4. The lowest BCUT2D eigenvalue weighted by Crippen LogP contribution is -2.38. The number of ether oxygens (including phenoxy) is 2. The molecule has 5 rings (SSSR count). The van der Waals surface area contributed by atoms with Gasteiger partial charge in [0.2, 0.25) is 0 Å². The molecule has 3 aromatic carbocycles. The molecule has 1 aliphatic heterocycles. The molecule has 0 bridgehead atoms. The first-order valence-electron chi connectivity index (χ1n) is 12.0. The Kier molecular flexibility index (Phi) is 6.29. The number of aldehydes is 1. The number of carbonyl (C=O) groups excluding carboxylic acids is 1. The lowest BCUT2D eigenvalue weighted by Gasteiger charge is -2.35. The van der Waals surface area contributed by atoms with E-state index in [2.05, 4.69) is 59.0 Å². The van der Waals surface area contributed by atoms with E-state index in [9.17, 15) is 4.79 Å². The molecule has 0 radical (unpaired) electrons. The number of carbonyl (C=O) groups is 1. The second-order valence-electron chi connectivity index (χ2n) is 9.18. The van der Waals surface area contributed by atoms with Gasteiger partial charge in [-0.05, 0) is 48.7 Å². The molecule has 34 heavy (non-hydrogen) atoms. The number of benzene rings is 3. The van der Waals surface area contributed by atoms with Crippen molar-refractivity contribution in [1.82, 2.24) is 9.47 Å². The van der Waals surface area contributed by atoms with Gasteiger partial charge in [-0.25, -0.2) is 0 Å². The van der Waals surface area contributed by atoms with Crippen LogP contribution in [0.4, 0.5) is 0 Å². The number of methoxy groups -OCH3 is 2. The number of fused-ring (bicyclic) bond motifs is 3. The van der Waals surface area contributed by atoms with Crippen LogP contribution in [0.25, 0.3) is 21.8 Å². The summed E-state index contributed by atoms with van der Waals surface area (Å²) in [4.78, 5) is 14.6. The van der Waals surface area contributed by atoms with Gasteiger partial charge in [0.05, 0.1) is 25.8 Å². The summed E-state index contributed by atoms with van der Waals surface area (Å²) in [6.45, 7) is 0.689. The van der Waals surface area contributed by atoms with Crippen LogP contribution < -0.4 is 9.47 Å². The average molecular weight is 457 g/mol. The number of likely N-dealkylation sites (tertiary alicyclic amines) is 1. The smallest absolute Gasteiger partial charge is 0.137 e. The van der Waals surface area contributed by atoms with Crippen LogP contribution in [0.2, 0.25) is 0 Å². The summed E-state index contributed by atoms with van der Waals surface area (Å²) in [5.41, 5.74) is 4.69. The number of aromatic nitrogens is 1. The lowest BCUT2D eigenvalue weighted by molar-refractivity contribution is -0.113. The molecule has 4 aromatic rings. The minimum absolute atomic E-state index is 0.0343. The van der Waals surface area contributed by atoms with Gasteiger partial charge in [0, 0.05) is 41.4 Å². The first-order chi connectivity index (χ1) is 16.7. The van der Waals surface area contributed by atoms with Gasteiger partial charge >= 0.3 is 0 Å². The highest BCUT2D eigenvalue weighted by atomic mass is 16.5. The van der Waals surface area contributed by atoms with Crippen LogP contribution in [0, 0.1) is 0 Å². The topological polar surface area (TPSA) is 43.7 Å². The Balaban J connectivity index is 1.60. The zero-order chi connectivity index (χ0) is 23.7. The molecule has 1 saturated heterocycles. The molecule has 0 spiro atoms. The normalized spacial score (nSPS) is 19.3. The summed E-state index contributed by atoms with van der Waals surface area (Å²) >= 11 is 0. The fraction of sp³-hybridized carbons (Fsp3) is 0.345. The van der Waals surface area contributed by atoms with Crippen molar-refractivity contribution in [2.24, 2.45) is 7.05 Å². The maximum absolute atomic E-state index is 12.3. The van der Waals surface area contributed by atoms with Crippen LogP contribution in [0.3, 0.4) is 0 Å². The molecule has 2 unspecified atom stereocenters. The van der Waals surface area contributed by atoms with Crippen molar-refractivity contribution in [3.63, 3.8) is 0 Å². The minimum atomic E-state index is -0.148. The van der Waals surface area contributed by atoms with Gasteiger partial charge in [-0.3, -0.25) is 4.90 Å². The van der Waals surface area contributed by atoms with Crippen molar-refractivity contribution in [2.45, 2.75) is 44.3 Å². The van der Waals surface area contributed by atoms with Crippen LogP contribution in [0.15, 0.2) is 60.7 Å². The number of rotatable bonds is 6. The van der Waals surface area contributed by atoms with Gasteiger partial charge in [0.15, 0.2) is 0 Å². The molecule has 0 N–H and O–H groups in total. The van der Waals surface area contributed by atoms with Crippen LogP contribution in [-0.2, 0) is 18.4 Å². The van der Waals surface area contributed by atoms with Gasteiger partial charge < -0.3 is 18.8 Å². The number of hydrogen-bond donors (Lipinski definition) is 0. The third-order valence-electron chi connectivity index (χ3n) is 7.35. The van der Waals surface area contributed by atoms with Crippen molar-refractivity contribution in [3.05, 3.63) is 71.8 Å². The predicted molar refractivity (Wildman–Crippen MR) is 137 cm³/mol. The van der Waals surface area contributed by atoms with Crippen LogP contribution in [0.5, 0.6) is 11.5 Å². The van der Waals surface area contributed by atoms with E-state index in [0.29, 0.717) is 6.54 Å². The third kappa shape index (κ3) is 3.84. The number of aryl methyl sites for hydroxylation is 1. The number of nitrogens with zero attached hydrogens (tertiary/aromatic N) is 2. The molecule has 0 amide bonds. The van der Waals surface area contributed by atoms with E-state index in [1.807, 2.05) is 18.2 Å². The van der Waals surface area contributed by atoms with E-state index in [1.165, 1.54) is 27.4 Å². The Morgan fingerprint density at radius 2 is 1.59 bits per heavy atom. The van der Waals surface area contributed by atoms with Crippen molar-refractivity contribution in [2.75, 3.05) is 14.2 Å². The third-order valence-corrected chi connectivity index (χ3v) is 7.35. The quantitative estimate of drug-likeness (QED) is 0.332. The second kappa shape index (κ2) is 9.51. The maximum atomic E-state index is 12.3. The Morgan fingerprint density at radius 1 is 0.882 bits per heavy atom. The molecule has 176 valence electrons. The lowest BCUT2D eigenvalue weighted by atomic mass is 9.97. The van der Waals surface area contributed by atoms with E-state index in [1.54, 1.807) is 14.2 Å². The Morgan fingerprint density at radius 3 is 2.32 bits per heavy atom. The molecule has 1 aliphatic rings. The molecule has 5 nitrogen and oxygen atoms in total. The fourth-order valence-corrected chi connectivity index (χ4v) is 5.67. The molecule has 0 saturated carbocycles. The molecule has 2 heterocycles. The molecular weight excluding hydrogens is 424 g/mol. The number of para-hydroxylation sites is 1. The van der Waals surface area contributed by atoms with Crippen molar-refractivity contribution >= 4 is 28.1 Å². The Hall–Kier alpha value is -3.31. The van der Waals surface area contributed by atoms with Gasteiger partial charge in [0.1, 0.15) is 17.8 Å². The zero-order valence-electron chi connectivity index (χ0n) is 20.2. The van der Waals surface area contributed by atoms with E-state index in [-0.39, 0.29) is 12.1 Å². The summed E-state index contributed by atoms with van der Waals surface area (Å²) in [5, 5.41) is 2.51. The van der Waals surface area contributed by atoms with E-state index < -0.39 is 0 Å².